The number of piperidine rings is 1. The van der Waals surface area contributed by atoms with Crippen molar-refractivity contribution in [3.05, 3.63) is 24.4 Å². The molecule has 1 aromatic rings. The van der Waals surface area contributed by atoms with Crippen LogP contribution in [-0.2, 0) is 0 Å². The second kappa shape index (κ2) is 3.75. The number of anilines is 1. The van der Waals surface area contributed by atoms with Crippen LogP contribution in [0.15, 0.2) is 24.4 Å². The third kappa shape index (κ3) is 1.98. The van der Waals surface area contributed by atoms with Crippen LogP contribution in [0, 0.1) is 0 Å². The number of aromatic nitrogens is 1. The fourth-order valence-corrected chi connectivity index (χ4v) is 1.67. The van der Waals surface area contributed by atoms with Crippen LogP contribution < -0.4 is 10.6 Å². The Labute approximate surface area is 80.1 Å². The molecule has 2 heterocycles. The third-order valence-electron chi connectivity index (χ3n) is 2.51. The molecule has 1 saturated heterocycles. The van der Waals surface area contributed by atoms with Gasteiger partial charge in [0, 0.05) is 26.8 Å². The van der Waals surface area contributed by atoms with E-state index in [2.05, 4.69) is 16.0 Å². The summed E-state index contributed by atoms with van der Waals surface area (Å²) < 4.78 is 0. The average Bonchev–Trinajstić information content (AvgIpc) is 2.20. The van der Waals surface area contributed by atoms with E-state index in [1.165, 1.54) is 0 Å². The third-order valence-corrected chi connectivity index (χ3v) is 2.51. The van der Waals surface area contributed by atoms with Crippen molar-refractivity contribution in [3.8, 4) is 0 Å². The first-order valence-electron chi connectivity index (χ1n) is 4.78. The first-order chi connectivity index (χ1) is 6.36. The van der Waals surface area contributed by atoms with Crippen LogP contribution in [0.25, 0.3) is 0 Å². The Hall–Kier alpha value is -1.09. The van der Waals surface area contributed by atoms with E-state index < -0.39 is 0 Å². The van der Waals surface area contributed by atoms with Gasteiger partial charge in [0.25, 0.3) is 0 Å². The van der Waals surface area contributed by atoms with E-state index in [4.69, 9.17) is 5.73 Å². The SMILES string of the molecule is NC1CCN(c2ccccn2)CC1.[HH]. The Morgan fingerprint density at radius 2 is 2.15 bits per heavy atom. The Balaban J connectivity index is 0.000000980. The highest BCUT2D eigenvalue weighted by molar-refractivity contribution is 5.38. The second-order valence-electron chi connectivity index (χ2n) is 3.51. The summed E-state index contributed by atoms with van der Waals surface area (Å²) in [6, 6.07) is 6.41. The predicted octanol–water partition coefficient (Wildman–Crippen LogP) is 1.26. The summed E-state index contributed by atoms with van der Waals surface area (Å²) in [5.74, 6) is 1.08. The standard InChI is InChI=1S/C10H15N3.H2/c11-9-4-7-13(8-5-9)10-3-1-2-6-12-10;/h1-3,6,9H,4-5,7-8,11H2;1H. The molecule has 3 heteroatoms. The maximum Gasteiger partial charge on any atom is 0.128 e. The molecule has 0 unspecified atom stereocenters. The minimum absolute atomic E-state index is 0. The zero-order valence-corrected chi connectivity index (χ0v) is 7.69. The van der Waals surface area contributed by atoms with Crippen LogP contribution in [0.3, 0.4) is 0 Å². The van der Waals surface area contributed by atoms with Gasteiger partial charge < -0.3 is 10.6 Å². The molecule has 0 aromatic carbocycles. The van der Waals surface area contributed by atoms with E-state index in [1.807, 2.05) is 18.3 Å². The highest BCUT2D eigenvalue weighted by Crippen LogP contribution is 2.15. The molecule has 72 valence electrons. The minimum atomic E-state index is 0. The van der Waals surface area contributed by atoms with Crippen LogP contribution in [0.5, 0.6) is 0 Å². The molecule has 0 spiro atoms. The fourth-order valence-electron chi connectivity index (χ4n) is 1.67. The normalized spacial score (nSPS) is 19.0. The van der Waals surface area contributed by atoms with E-state index in [9.17, 15) is 0 Å². The number of nitrogens with zero attached hydrogens (tertiary/aromatic N) is 2. The van der Waals surface area contributed by atoms with Gasteiger partial charge in [0.1, 0.15) is 5.82 Å². The quantitative estimate of drug-likeness (QED) is 0.705. The maximum atomic E-state index is 5.83. The lowest BCUT2D eigenvalue weighted by Crippen LogP contribution is -2.39. The van der Waals surface area contributed by atoms with Gasteiger partial charge in [0.2, 0.25) is 0 Å². The summed E-state index contributed by atoms with van der Waals surface area (Å²) in [7, 11) is 0. The molecular formula is C10H17N3. The Morgan fingerprint density at radius 3 is 2.77 bits per heavy atom. The van der Waals surface area contributed by atoms with E-state index in [-0.39, 0.29) is 1.43 Å². The Bertz CT molecular complexity index is 257. The first-order valence-corrected chi connectivity index (χ1v) is 4.78. The van der Waals surface area contributed by atoms with Crippen LogP contribution in [0.2, 0.25) is 0 Å². The number of pyridine rings is 1. The highest BCUT2D eigenvalue weighted by atomic mass is 15.2. The summed E-state index contributed by atoms with van der Waals surface area (Å²) >= 11 is 0. The molecule has 0 saturated carbocycles. The molecule has 1 aromatic heterocycles. The van der Waals surface area contributed by atoms with Gasteiger partial charge in [-0.3, -0.25) is 0 Å². The molecule has 0 bridgehead atoms. The van der Waals surface area contributed by atoms with Crippen molar-refractivity contribution in [1.29, 1.82) is 0 Å². The van der Waals surface area contributed by atoms with Gasteiger partial charge in [0.15, 0.2) is 0 Å². The molecule has 0 atom stereocenters. The smallest absolute Gasteiger partial charge is 0.128 e. The lowest BCUT2D eigenvalue weighted by molar-refractivity contribution is 0.498. The molecule has 1 aliphatic rings. The van der Waals surface area contributed by atoms with Crippen molar-refractivity contribution in [2.75, 3.05) is 18.0 Å². The van der Waals surface area contributed by atoms with Gasteiger partial charge in [-0.1, -0.05) is 6.07 Å². The number of nitrogens with two attached hydrogens (primary N) is 1. The average molecular weight is 179 g/mol. The van der Waals surface area contributed by atoms with Crippen LogP contribution in [-0.4, -0.2) is 24.1 Å². The zero-order valence-electron chi connectivity index (χ0n) is 7.69. The maximum absolute atomic E-state index is 5.83. The van der Waals surface area contributed by atoms with Crippen molar-refractivity contribution in [2.45, 2.75) is 18.9 Å². The lowest BCUT2D eigenvalue weighted by Gasteiger charge is -2.30. The predicted molar refractivity (Wildman–Crippen MR) is 55.8 cm³/mol. The van der Waals surface area contributed by atoms with Crippen molar-refractivity contribution in [2.24, 2.45) is 5.73 Å². The van der Waals surface area contributed by atoms with Crippen LogP contribution >= 0.6 is 0 Å². The molecule has 0 aliphatic carbocycles. The lowest BCUT2D eigenvalue weighted by atomic mass is 10.1. The summed E-state index contributed by atoms with van der Waals surface area (Å²) in [5.41, 5.74) is 5.83. The molecule has 0 radical (unpaired) electrons. The van der Waals surface area contributed by atoms with Crippen molar-refractivity contribution in [3.63, 3.8) is 0 Å². The Kier molecular flexibility index (Phi) is 2.45. The van der Waals surface area contributed by atoms with Gasteiger partial charge in [-0.05, 0) is 25.0 Å². The second-order valence-corrected chi connectivity index (χ2v) is 3.51. The van der Waals surface area contributed by atoms with Gasteiger partial charge >= 0.3 is 0 Å². The molecule has 13 heavy (non-hydrogen) atoms. The van der Waals surface area contributed by atoms with Gasteiger partial charge in [-0.15, -0.1) is 0 Å². The van der Waals surface area contributed by atoms with Crippen LogP contribution in [0.4, 0.5) is 5.82 Å². The zero-order chi connectivity index (χ0) is 9.10. The van der Waals surface area contributed by atoms with Crippen molar-refractivity contribution in [1.82, 2.24) is 4.98 Å². The largest absolute Gasteiger partial charge is 0.357 e. The van der Waals surface area contributed by atoms with E-state index >= 15 is 0 Å². The van der Waals surface area contributed by atoms with Gasteiger partial charge in [-0.25, -0.2) is 4.98 Å². The van der Waals surface area contributed by atoms with Gasteiger partial charge in [0.05, 0.1) is 0 Å². The fraction of sp³-hybridized carbons (Fsp3) is 0.500. The topological polar surface area (TPSA) is 42.1 Å². The molecule has 2 N–H and O–H groups in total. The molecular weight excluding hydrogens is 162 g/mol. The summed E-state index contributed by atoms with van der Waals surface area (Å²) in [4.78, 5) is 6.61. The molecule has 1 fully saturated rings. The molecule has 1 aliphatic heterocycles. The van der Waals surface area contributed by atoms with E-state index in [0.717, 1.165) is 31.7 Å². The number of rotatable bonds is 1. The Morgan fingerprint density at radius 1 is 1.38 bits per heavy atom. The van der Waals surface area contributed by atoms with Crippen LogP contribution in [0.1, 0.15) is 14.3 Å². The first kappa shape index (κ1) is 8.51. The molecule has 0 amide bonds. The van der Waals surface area contributed by atoms with E-state index in [1.54, 1.807) is 0 Å². The summed E-state index contributed by atoms with van der Waals surface area (Å²) in [5, 5.41) is 0. The van der Waals surface area contributed by atoms with Crippen molar-refractivity contribution < 1.29 is 1.43 Å². The molecule has 3 nitrogen and oxygen atoms in total. The highest BCUT2D eigenvalue weighted by Gasteiger charge is 2.16. The number of hydrogen-bond donors (Lipinski definition) is 1. The molecule has 2 rings (SSSR count). The summed E-state index contributed by atoms with van der Waals surface area (Å²) in [6.45, 7) is 2.08. The van der Waals surface area contributed by atoms with E-state index in [0.29, 0.717) is 6.04 Å². The monoisotopic (exact) mass is 179 g/mol. The van der Waals surface area contributed by atoms with Gasteiger partial charge in [-0.2, -0.15) is 0 Å². The number of hydrogen-bond acceptors (Lipinski definition) is 3. The summed E-state index contributed by atoms with van der Waals surface area (Å²) in [6.07, 6.45) is 4.00. The van der Waals surface area contributed by atoms with Crippen molar-refractivity contribution >= 4 is 5.82 Å². The minimum Gasteiger partial charge on any atom is -0.357 e.